The lowest BCUT2D eigenvalue weighted by atomic mass is 10.0. The summed E-state index contributed by atoms with van der Waals surface area (Å²) in [6, 6.07) is 4.99. The summed E-state index contributed by atoms with van der Waals surface area (Å²) in [5.41, 5.74) is 7.71. The molecule has 4 nitrogen and oxygen atoms in total. The SMILES string of the molecule is CCc1cc(F)c(OC)c(-c2cc(N)n[nH]2)c1. The van der Waals surface area contributed by atoms with Crippen molar-refractivity contribution in [2.45, 2.75) is 13.3 Å². The van der Waals surface area contributed by atoms with E-state index in [4.69, 9.17) is 10.5 Å². The fourth-order valence-electron chi connectivity index (χ4n) is 1.74. The van der Waals surface area contributed by atoms with Gasteiger partial charge in [-0.15, -0.1) is 0 Å². The molecule has 0 unspecified atom stereocenters. The lowest BCUT2D eigenvalue weighted by Crippen LogP contribution is -1.95. The Bertz CT molecular complexity index is 537. The number of nitrogens with two attached hydrogens (primary N) is 1. The predicted molar refractivity (Wildman–Crippen MR) is 64.3 cm³/mol. The standard InChI is InChI=1S/C12H14FN3O/c1-3-7-4-8(10-6-11(14)16-15-10)12(17-2)9(13)5-7/h4-6H,3H2,1-2H3,(H3,14,15,16). The smallest absolute Gasteiger partial charge is 0.166 e. The highest BCUT2D eigenvalue weighted by Crippen LogP contribution is 2.33. The average Bonchev–Trinajstić information content (AvgIpc) is 2.74. The number of aryl methyl sites for hydroxylation is 1. The molecule has 0 aliphatic rings. The molecule has 90 valence electrons. The normalized spacial score (nSPS) is 10.5. The summed E-state index contributed by atoms with van der Waals surface area (Å²) in [6.45, 7) is 1.96. The molecule has 0 fully saturated rings. The van der Waals surface area contributed by atoms with Gasteiger partial charge in [-0.3, -0.25) is 5.10 Å². The van der Waals surface area contributed by atoms with Gasteiger partial charge in [-0.2, -0.15) is 5.10 Å². The summed E-state index contributed by atoms with van der Waals surface area (Å²) in [5, 5.41) is 6.58. The van der Waals surface area contributed by atoms with Crippen molar-refractivity contribution in [3.05, 3.63) is 29.6 Å². The Hall–Kier alpha value is -2.04. The van der Waals surface area contributed by atoms with Crippen LogP contribution in [0.15, 0.2) is 18.2 Å². The van der Waals surface area contributed by atoms with Gasteiger partial charge in [0.1, 0.15) is 5.82 Å². The third kappa shape index (κ3) is 2.08. The van der Waals surface area contributed by atoms with Crippen LogP contribution in [0.25, 0.3) is 11.3 Å². The molecule has 0 spiro atoms. The van der Waals surface area contributed by atoms with Crippen LogP contribution in [0.3, 0.4) is 0 Å². The molecule has 0 radical (unpaired) electrons. The average molecular weight is 235 g/mol. The van der Waals surface area contributed by atoms with Gasteiger partial charge in [0.15, 0.2) is 11.6 Å². The van der Waals surface area contributed by atoms with Crippen LogP contribution in [0.2, 0.25) is 0 Å². The fourth-order valence-corrected chi connectivity index (χ4v) is 1.74. The molecule has 17 heavy (non-hydrogen) atoms. The van der Waals surface area contributed by atoms with Gasteiger partial charge in [0.05, 0.1) is 12.8 Å². The summed E-state index contributed by atoms with van der Waals surface area (Å²) < 4.78 is 18.9. The Kier molecular flexibility index (Phi) is 2.99. The van der Waals surface area contributed by atoms with E-state index in [0.29, 0.717) is 17.1 Å². The van der Waals surface area contributed by atoms with Crippen LogP contribution >= 0.6 is 0 Å². The molecular weight excluding hydrogens is 221 g/mol. The molecule has 0 saturated carbocycles. The number of nitrogens with one attached hydrogen (secondary N) is 1. The van der Waals surface area contributed by atoms with Gasteiger partial charge in [-0.05, 0) is 24.1 Å². The minimum absolute atomic E-state index is 0.200. The van der Waals surface area contributed by atoms with Crippen molar-refractivity contribution in [1.29, 1.82) is 0 Å². The van der Waals surface area contributed by atoms with Gasteiger partial charge in [0, 0.05) is 11.6 Å². The Morgan fingerprint density at radius 1 is 1.41 bits per heavy atom. The number of H-pyrrole nitrogens is 1. The second-order valence-electron chi connectivity index (χ2n) is 3.72. The lowest BCUT2D eigenvalue weighted by molar-refractivity contribution is 0.388. The van der Waals surface area contributed by atoms with E-state index in [9.17, 15) is 4.39 Å². The van der Waals surface area contributed by atoms with E-state index in [0.717, 1.165) is 12.0 Å². The third-order valence-corrected chi connectivity index (χ3v) is 2.60. The van der Waals surface area contributed by atoms with Gasteiger partial charge in [0.25, 0.3) is 0 Å². The van der Waals surface area contributed by atoms with Crippen LogP contribution in [0.1, 0.15) is 12.5 Å². The maximum atomic E-state index is 13.8. The van der Waals surface area contributed by atoms with Gasteiger partial charge in [-0.25, -0.2) is 4.39 Å². The molecular formula is C12H14FN3O. The maximum Gasteiger partial charge on any atom is 0.166 e. The van der Waals surface area contributed by atoms with E-state index < -0.39 is 0 Å². The van der Waals surface area contributed by atoms with E-state index >= 15 is 0 Å². The molecule has 0 bridgehead atoms. The van der Waals surface area contributed by atoms with Gasteiger partial charge < -0.3 is 10.5 Å². The second kappa shape index (κ2) is 4.45. The summed E-state index contributed by atoms with van der Waals surface area (Å²) >= 11 is 0. The topological polar surface area (TPSA) is 63.9 Å². The van der Waals surface area contributed by atoms with Crippen molar-refractivity contribution in [3.63, 3.8) is 0 Å². The minimum Gasteiger partial charge on any atom is -0.493 e. The van der Waals surface area contributed by atoms with E-state index in [1.807, 2.05) is 13.0 Å². The first-order valence-corrected chi connectivity index (χ1v) is 5.33. The maximum absolute atomic E-state index is 13.8. The minimum atomic E-state index is -0.380. The molecule has 0 atom stereocenters. The number of methoxy groups -OCH3 is 1. The zero-order valence-electron chi connectivity index (χ0n) is 9.75. The summed E-state index contributed by atoms with van der Waals surface area (Å²) in [4.78, 5) is 0. The van der Waals surface area contributed by atoms with E-state index in [1.54, 1.807) is 6.07 Å². The van der Waals surface area contributed by atoms with Gasteiger partial charge in [-0.1, -0.05) is 6.92 Å². The van der Waals surface area contributed by atoms with Crippen LogP contribution in [-0.4, -0.2) is 17.3 Å². The number of hydrogen-bond acceptors (Lipinski definition) is 3. The Balaban J connectivity index is 2.61. The number of aromatic nitrogens is 2. The van der Waals surface area contributed by atoms with Crippen LogP contribution in [-0.2, 0) is 6.42 Å². The van der Waals surface area contributed by atoms with E-state index in [2.05, 4.69) is 10.2 Å². The number of ether oxygens (including phenoxy) is 1. The monoisotopic (exact) mass is 235 g/mol. The zero-order chi connectivity index (χ0) is 12.4. The molecule has 2 aromatic rings. The largest absolute Gasteiger partial charge is 0.493 e. The number of halogens is 1. The molecule has 1 heterocycles. The third-order valence-electron chi connectivity index (χ3n) is 2.60. The van der Waals surface area contributed by atoms with Gasteiger partial charge >= 0.3 is 0 Å². The summed E-state index contributed by atoms with van der Waals surface area (Å²) in [7, 11) is 1.44. The van der Waals surface area contributed by atoms with Gasteiger partial charge in [0.2, 0.25) is 0 Å². The van der Waals surface area contributed by atoms with Crippen molar-refractivity contribution in [2.24, 2.45) is 0 Å². The van der Waals surface area contributed by atoms with Crippen LogP contribution in [0.5, 0.6) is 5.75 Å². The first-order valence-electron chi connectivity index (χ1n) is 5.33. The second-order valence-corrected chi connectivity index (χ2v) is 3.72. The molecule has 2 rings (SSSR count). The highest BCUT2D eigenvalue weighted by Gasteiger charge is 2.14. The number of anilines is 1. The lowest BCUT2D eigenvalue weighted by Gasteiger charge is -2.10. The Morgan fingerprint density at radius 2 is 2.18 bits per heavy atom. The van der Waals surface area contributed by atoms with Crippen molar-refractivity contribution in [1.82, 2.24) is 10.2 Å². The van der Waals surface area contributed by atoms with E-state index in [1.165, 1.54) is 13.2 Å². The number of nitrogens with zero attached hydrogens (tertiary/aromatic N) is 1. The number of hydrogen-bond donors (Lipinski definition) is 2. The Morgan fingerprint density at radius 3 is 2.71 bits per heavy atom. The van der Waals surface area contributed by atoms with Crippen LogP contribution < -0.4 is 10.5 Å². The summed E-state index contributed by atoms with van der Waals surface area (Å²) in [6.07, 6.45) is 0.748. The van der Waals surface area contributed by atoms with Crippen molar-refractivity contribution in [3.8, 4) is 17.0 Å². The van der Waals surface area contributed by atoms with Crippen molar-refractivity contribution < 1.29 is 9.13 Å². The molecule has 3 N–H and O–H groups in total. The molecule has 1 aromatic carbocycles. The summed E-state index contributed by atoms with van der Waals surface area (Å²) in [5.74, 6) is 0.185. The van der Waals surface area contributed by atoms with Crippen LogP contribution in [0, 0.1) is 5.82 Å². The fraction of sp³-hybridized carbons (Fsp3) is 0.250. The quantitative estimate of drug-likeness (QED) is 0.858. The molecule has 0 aliphatic carbocycles. The Labute approximate surface area is 98.6 Å². The number of nitrogen functional groups attached to an aromatic ring is 1. The number of benzene rings is 1. The molecule has 5 heteroatoms. The van der Waals surface area contributed by atoms with E-state index in [-0.39, 0.29) is 11.6 Å². The molecule has 0 amide bonds. The first kappa shape index (κ1) is 11.4. The van der Waals surface area contributed by atoms with Crippen molar-refractivity contribution in [2.75, 3.05) is 12.8 Å². The molecule has 0 aliphatic heterocycles. The number of aromatic amines is 1. The zero-order valence-corrected chi connectivity index (χ0v) is 9.75. The molecule has 1 aromatic heterocycles. The molecule has 0 saturated heterocycles. The first-order chi connectivity index (χ1) is 8.15. The van der Waals surface area contributed by atoms with Crippen molar-refractivity contribution >= 4 is 5.82 Å². The highest BCUT2D eigenvalue weighted by molar-refractivity contribution is 5.70. The number of rotatable bonds is 3. The predicted octanol–water partition coefficient (Wildman–Crippen LogP) is 2.37. The van der Waals surface area contributed by atoms with Crippen LogP contribution in [0.4, 0.5) is 10.2 Å². The highest BCUT2D eigenvalue weighted by atomic mass is 19.1.